The highest BCUT2D eigenvalue weighted by Crippen LogP contribution is 2.44. The number of carbonyl (C=O) groups is 1. The van der Waals surface area contributed by atoms with E-state index in [9.17, 15) is 18.0 Å². The summed E-state index contributed by atoms with van der Waals surface area (Å²) in [6.07, 6.45) is -1.38. The molecule has 0 radical (unpaired) electrons. The van der Waals surface area contributed by atoms with Crippen molar-refractivity contribution in [2.75, 3.05) is 13.1 Å². The van der Waals surface area contributed by atoms with E-state index in [2.05, 4.69) is 15.3 Å². The van der Waals surface area contributed by atoms with Gasteiger partial charge >= 0.3 is 12.2 Å². The molecule has 9 heteroatoms. The molecule has 30 heavy (non-hydrogen) atoms. The monoisotopic (exact) mass is 440 g/mol. The maximum atomic E-state index is 14.3. The summed E-state index contributed by atoms with van der Waals surface area (Å²) < 4.78 is 42.8. The minimum Gasteiger partial charge on any atom is -0.334 e. The molecule has 1 aliphatic rings. The third kappa shape index (κ3) is 4.86. The number of amides is 2. The van der Waals surface area contributed by atoms with Gasteiger partial charge in [-0.25, -0.2) is 14.8 Å². The number of aromatic nitrogens is 2. The van der Waals surface area contributed by atoms with E-state index in [0.717, 1.165) is 12.8 Å². The summed E-state index contributed by atoms with van der Waals surface area (Å²) in [4.78, 5) is 21.8. The standard InChI is InChI=1S/C21H24ClF3N4O/c1-20(2,3)17-14(15-8-9-26-18(22)28-15)7-6-13(16(17)21(23,24)25)12-27-19(30)29-10-4-5-11-29/h6-9H,4-5,10-12H2,1-3H3,(H,27,30). The molecule has 0 aliphatic carbocycles. The first-order chi connectivity index (χ1) is 14.0. The average molecular weight is 441 g/mol. The van der Waals surface area contributed by atoms with Crippen molar-refractivity contribution in [2.24, 2.45) is 0 Å². The number of urea groups is 1. The van der Waals surface area contributed by atoms with Gasteiger partial charge in [0, 0.05) is 31.4 Å². The van der Waals surface area contributed by atoms with Crippen molar-refractivity contribution in [1.82, 2.24) is 20.2 Å². The van der Waals surface area contributed by atoms with E-state index in [4.69, 9.17) is 11.6 Å². The molecule has 0 spiro atoms. The largest absolute Gasteiger partial charge is 0.417 e. The van der Waals surface area contributed by atoms with Crippen molar-refractivity contribution in [3.05, 3.63) is 46.4 Å². The molecular formula is C21H24ClF3N4O. The van der Waals surface area contributed by atoms with Gasteiger partial charge in [-0.2, -0.15) is 13.2 Å². The SMILES string of the molecule is CC(C)(C)c1c(-c2ccnc(Cl)n2)ccc(CNC(=O)N2CCCC2)c1C(F)(F)F. The lowest BCUT2D eigenvalue weighted by Crippen LogP contribution is -2.38. The predicted octanol–water partition coefficient (Wildman–Crippen LogP) is 5.42. The fourth-order valence-corrected chi connectivity index (χ4v) is 3.94. The molecule has 1 fully saturated rings. The maximum Gasteiger partial charge on any atom is 0.417 e. The molecule has 1 aromatic heterocycles. The Labute approximate surface area is 178 Å². The lowest BCUT2D eigenvalue weighted by atomic mass is 9.78. The van der Waals surface area contributed by atoms with Crippen molar-refractivity contribution >= 4 is 17.6 Å². The molecule has 0 atom stereocenters. The van der Waals surface area contributed by atoms with Gasteiger partial charge < -0.3 is 10.2 Å². The van der Waals surface area contributed by atoms with Crippen molar-refractivity contribution in [3.63, 3.8) is 0 Å². The van der Waals surface area contributed by atoms with E-state index in [1.807, 2.05) is 0 Å². The van der Waals surface area contributed by atoms with Crippen molar-refractivity contribution < 1.29 is 18.0 Å². The Hall–Kier alpha value is -2.35. The van der Waals surface area contributed by atoms with E-state index in [-0.39, 0.29) is 29.0 Å². The molecule has 0 unspecified atom stereocenters. The normalized spacial score (nSPS) is 14.8. The van der Waals surface area contributed by atoms with Crippen LogP contribution in [0.4, 0.5) is 18.0 Å². The number of alkyl halides is 3. The molecule has 1 N–H and O–H groups in total. The van der Waals surface area contributed by atoms with Gasteiger partial charge in [0.1, 0.15) is 0 Å². The zero-order valence-electron chi connectivity index (χ0n) is 17.1. The first-order valence-corrected chi connectivity index (χ1v) is 10.1. The topological polar surface area (TPSA) is 58.1 Å². The van der Waals surface area contributed by atoms with Crippen molar-refractivity contribution in [2.45, 2.75) is 51.7 Å². The van der Waals surface area contributed by atoms with Crippen LogP contribution in [0.3, 0.4) is 0 Å². The number of likely N-dealkylation sites (tertiary alicyclic amines) is 1. The zero-order chi connectivity index (χ0) is 22.1. The van der Waals surface area contributed by atoms with Gasteiger partial charge in [0.25, 0.3) is 0 Å². The maximum absolute atomic E-state index is 14.3. The Morgan fingerprint density at radius 2 is 1.80 bits per heavy atom. The van der Waals surface area contributed by atoms with Crippen LogP contribution >= 0.6 is 11.6 Å². The molecule has 1 aromatic carbocycles. The Balaban J connectivity index is 2.08. The Morgan fingerprint density at radius 1 is 1.13 bits per heavy atom. The van der Waals surface area contributed by atoms with Gasteiger partial charge in [-0.1, -0.05) is 32.9 Å². The Morgan fingerprint density at radius 3 is 2.37 bits per heavy atom. The van der Waals surface area contributed by atoms with Gasteiger partial charge in [0.15, 0.2) is 0 Å². The molecular weight excluding hydrogens is 417 g/mol. The molecule has 0 bridgehead atoms. The second kappa shape index (κ2) is 8.41. The molecule has 1 aliphatic heterocycles. The van der Waals surface area contributed by atoms with Crippen LogP contribution in [-0.4, -0.2) is 34.0 Å². The molecule has 2 amide bonds. The van der Waals surface area contributed by atoms with Gasteiger partial charge in [0.2, 0.25) is 5.28 Å². The van der Waals surface area contributed by atoms with Crippen LogP contribution in [-0.2, 0) is 18.1 Å². The fraction of sp³-hybridized carbons (Fsp3) is 0.476. The van der Waals surface area contributed by atoms with Crippen LogP contribution in [0.25, 0.3) is 11.3 Å². The van der Waals surface area contributed by atoms with Gasteiger partial charge in [-0.3, -0.25) is 0 Å². The summed E-state index contributed by atoms with van der Waals surface area (Å²) in [6, 6.07) is 4.19. The van der Waals surface area contributed by atoms with Crippen LogP contribution in [0.1, 0.15) is 50.3 Å². The number of benzene rings is 1. The Kier molecular flexibility index (Phi) is 6.26. The van der Waals surface area contributed by atoms with E-state index in [0.29, 0.717) is 24.3 Å². The van der Waals surface area contributed by atoms with Crippen LogP contribution in [0.2, 0.25) is 5.28 Å². The summed E-state index contributed by atoms with van der Waals surface area (Å²) in [6.45, 7) is 6.19. The van der Waals surface area contributed by atoms with E-state index < -0.39 is 17.2 Å². The van der Waals surface area contributed by atoms with E-state index in [1.54, 1.807) is 31.7 Å². The van der Waals surface area contributed by atoms with Crippen LogP contribution in [0.5, 0.6) is 0 Å². The summed E-state index contributed by atoms with van der Waals surface area (Å²) in [5.74, 6) is 0. The molecule has 2 heterocycles. The second-order valence-electron chi connectivity index (χ2n) is 8.33. The quantitative estimate of drug-likeness (QED) is 0.648. The smallest absolute Gasteiger partial charge is 0.334 e. The summed E-state index contributed by atoms with van der Waals surface area (Å²) in [7, 11) is 0. The molecule has 3 rings (SSSR count). The van der Waals surface area contributed by atoms with Crippen molar-refractivity contribution in [1.29, 1.82) is 0 Å². The molecule has 162 valence electrons. The second-order valence-corrected chi connectivity index (χ2v) is 8.67. The lowest BCUT2D eigenvalue weighted by molar-refractivity contribution is -0.139. The third-order valence-electron chi connectivity index (χ3n) is 5.05. The lowest BCUT2D eigenvalue weighted by Gasteiger charge is -2.29. The predicted molar refractivity (Wildman–Crippen MR) is 109 cm³/mol. The molecule has 0 saturated carbocycles. The van der Waals surface area contributed by atoms with Gasteiger partial charge in [0.05, 0.1) is 11.3 Å². The summed E-state index contributed by atoms with van der Waals surface area (Å²) >= 11 is 5.87. The fourth-order valence-electron chi connectivity index (χ4n) is 3.80. The molecule has 5 nitrogen and oxygen atoms in total. The Bertz CT molecular complexity index is 935. The number of nitrogens with one attached hydrogen (secondary N) is 1. The number of nitrogens with zero attached hydrogens (tertiary/aromatic N) is 3. The highest BCUT2D eigenvalue weighted by molar-refractivity contribution is 6.28. The number of rotatable bonds is 3. The zero-order valence-corrected chi connectivity index (χ0v) is 17.9. The van der Waals surface area contributed by atoms with Gasteiger partial charge in [-0.15, -0.1) is 0 Å². The number of halogens is 4. The first-order valence-electron chi connectivity index (χ1n) is 9.73. The summed E-state index contributed by atoms with van der Waals surface area (Å²) in [5.41, 5.74) is -0.801. The van der Waals surface area contributed by atoms with Crippen LogP contribution in [0, 0.1) is 0 Å². The van der Waals surface area contributed by atoms with Crippen LogP contribution < -0.4 is 5.32 Å². The van der Waals surface area contributed by atoms with Crippen LogP contribution in [0.15, 0.2) is 24.4 Å². The highest BCUT2D eigenvalue weighted by Gasteiger charge is 2.40. The minimum absolute atomic E-state index is 0.0175. The van der Waals surface area contributed by atoms with Gasteiger partial charge in [-0.05, 0) is 47.1 Å². The minimum atomic E-state index is -4.61. The first kappa shape index (κ1) is 22.3. The average Bonchev–Trinajstić information content (AvgIpc) is 3.18. The summed E-state index contributed by atoms with van der Waals surface area (Å²) in [5, 5.41) is 2.60. The molecule has 2 aromatic rings. The van der Waals surface area contributed by atoms with Crippen molar-refractivity contribution in [3.8, 4) is 11.3 Å². The van der Waals surface area contributed by atoms with E-state index >= 15 is 0 Å². The van der Waals surface area contributed by atoms with E-state index in [1.165, 1.54) is 18.3 Å². The third-order valence-corrected chi connectivity index (χ3v) is 5.23. The highest BCUT2D eigenvalue weighted by atomic mass is 35.5. The number of hydrogen-bond donors (Lipinski definition) is 1. The molecule has 1 saturated heterocycles. The number of hydrogen-bond acceptors (Lipinski definition) is 3. The number of carbonyl (C=O) groups excluding carboxylic acids is 1.